The van der Waals surface area contributed by atoms with E-state index in [1.54, 1.807) is 16.9 Å². The Hall–Kier alpha value is -3.94. The quantitative estimate of drug-likeness (QED) is 0.434. The van der Waals surface area contributed by atoms with Crippen LogP contribution in [0.1, 0.15) is 11.4 Å². The average Bonchev–Trinajstić information content (AvgIpc) is 3.28. The van der Waals surface area contributed by atoms with E-state index in [0.717, 1.165) is 45.5 Å². The lowest BCUT2D eigenvalue weighted by atomic mass is 10.0. The number of pyridine rings is 3. The molecule has 158 valence electrons. The molecule has 4 heterocycles. The van der Waals surface area contributed by atoms with Gasteiger partial charge in [0.05, 0.1) is 35.4 Å². The Morgan fingerprint density at radius 1 is 0.875 bits per heavy atom. The number of hydrogen-bond donors (Lipinski definition) is 2. The summed E-state index contributed by atoms with van der Waals surface area (Å²) in [6.45, 7) is 0.420. The summed E-state index contributed by atoms with van der Waals surface area (Å²) in [4.78, 5) is 13.9. The van der Waals surface area contributed by atoms with Gasteiger partial charge in [-0.2, -0.15) is 5.10 Å². The molecule has 0 saturated carbocycles. The van der Waals surface area contributed by atoms with Crippen LogP contribution >= 0.6 is 0 Å². The van der Waals surface area contributed by atoms with Crippen molar-refractivity contribution in [2.45, 2.75) is 13.0 Å². The van der Waals surface area contributed by atoms with Gasteiger partial charge in [-0.3, -0.25) is 9.97 Å². The van der Waals surface area contributed by atoms with Crippen molar-refractivity contribution >= 4 is 10.9 Å². The van der Waals surface area contributed by atoms with Gasteiger partial charge in [0.2, 0.25) is 0 Å². The average molecular weight is 422 g/mol. The van der Waals surface area contributed by atoms with Gasteiger partial charge in [0, 0.05) is 34.8 Å². The predicted octanol–water partition coefficient (Wildman–Crippen LogP) is 3.54. The summed E-state index contributed by atoms with van der Waals surface area (Å²) >= 11 is 0. The highest BCUT2D eigenvalue weighted by atomic mass is 16.3. The molecule has 0 saturated heterocycles. The minimum atomic E-state index is -0.130. The number of aliphatic hydroxyl groups excluding tert-OH is 1. The molecule has 0 amide bonds. The van der Waals surface area contributed by atoms with Crippen LogP contribution < -0.4 is 5.73 Å². The van der Waals surface area contributed by atoms with Crippen molar-refractivity contribution in [3.8, 4) is 28.3 Å². The van der Waals surface area contributed by atoms with Crippen molar-refractivity contribution in [2.75, 3.05) is 6.54 Å². The van der Waals surface area contributed by atoms with Crippen LogP contribution in [0.3, 0.4) is 0 Å². The smallest absolute Gasteiger partial charge is 0.154 e. The second kappa shape index (κ2) is 8.66. The molecular formula is C25H22N6O. The molecule has 7 heteroatoms. The first-order valence-corrected chi connectivity index (χ1v) is 10.4. The minimum Gasteiger partial charge on any atom is -0.390 e. The van der Waals surface area contributed by atoms with E-state index in [9.17, 15) is 5.11 Å². The zero-order valence-corrected chi connectivity index (χ0v) is 17.4. The fraction of sp³-hybridized carbons (Fsp3) is 0.120. The summed E-state index contributed by atoms with van der Waals surface area (Å²) in [6, 6.07) is 21.5. The van der Waals surface area contributed by atoms with Crippen molar-refractivity contribution in [2.24, 2.45) is 5.73 Å². The van der Waals surface area contributed by atoms with Crippen molar-refractivity contribution in [3.63, 3.8) is 0 Å². The SMILES string of the molecule is NCCc1cccc(-c2cc(-c3ccccn3)c3cnn(-c4cccc(CO)n4)c3c2)n1. The molecule has 7 nitrogen and oxygen atoms in total. The minimum absolute atomic E-state index is 0.130. The summed E-state index contributed by atoms with van der Waals surface area (Å²) in [5, 5.41) is 15.1. The summed E-state index contributed by atoms with van der Waals surface area (Å²) in [6.07, 6.45) is 4.33. The molecule has 0 aliphatic rings. The van der Waals surface area contributed by atoms with Gasteiger partial charge in [0.15, 0.2) is 5.82 Å². The highest BCUT2D eigenvalue weighted by Gasteiger charge is 2.15. The number of hydrogen-bond acceptors (Lipinski definition) is 6. The monoisotopic (exact) mass is 422 g/mol. The maximum atomic E-state index is 9.51. The van der Waals surface area contributed by atoms with E-state index in [1.165, 1.54) is 0 Å². The summed E-state index contributed by atoms with van der Waals surface area (Å²) in [7, 11) is 0. The molecule has 5 rings (SSSR count). The van der Waals surface area contributed by atoms with Crippen molar-refractivity contribution in [3.05, 3.63) is 90.5 Å². The standard InChI is InChI=1S/C25H22N6O/c26-11-10-18-5-3-8-22(29-18)17-13-20(23-7-1-2-12-27-23)21-15-28-31(24(21)14-17)25-9-4-6-19(16-32)30-25/h1-9,12-15,32H,10-11,16,26H2. The molecule has 0 bridgehead atoms. The Bertz CT molecular complexity index is 1380. The lowest BCUT2D eigenvalue weighted by molar-refractivity contribution is 0.276. The van der Waals surface area contributed by atoms with Gasteiger partial charge < -0.3 is 10.8 Å². The molecule has 0 aliphatic heterocycles. The van der Waals surface area contributed by atoms with Crippen LogP contribution in [-0.2, 0) is 13.0 Å². The molecule has 0 radical (unpaired) electrons. The summed E-state index contributed by atoms with van der Waals surface area (Å²) < 4.78 is 1.79. The zero-order valence-electron chi connectivity index (χ0n) is 17.4. The van der Waals surface area contributed by atoms with Crippen LogP contribution in [0.5, 0.6) is 0 Å². The predicted molar refractivity (Wildman–Crippen MR) is 124 cm³/mol. The lowest BCUT2D eigenvalue weighted by Gasteiger charge is -2.10. The van der Waals surface area contributed by atoms with Gasteiger partial charge in [-0.1, -0.05) is 18.2 Å². The number of aliphatic hydroxyl groups is 1. The second-order valence-electron chi connectivity index (χ2n) is 7.43. The molecule has 1 aromatic carbocycles. The van der Waals surface area contributed by atoms with Crippen LogP contribution in [0.15, 0.2) is 79.1 Å². The van der Waals surface area contributed by atoms with Gasteiger partial charge in [0.25, 0.3) is 0 Å². The third-order valence-corrected chi connectivity index (χ3v) is 5.30. The van der Waals surface area contributed by atoms with E-state index in [4.69, 9.17) is 10.7 Å². The fourth-order valence-electron chi connectivity index (χ4n) is 3.79. The fourth-order valence-corrected chi connectivity index (χ4v) is 3.79. The number of nitrogens with zero attached hydrogens (tertiary/aromatic N) is 5. The maximum Gasteiger partial charge on any atom is 0.154 e. The van der Waals surface area contributed by atoms with Crippen LogP contribution in [0, 0.1) is 0 Å². The van der Waals surface area contributed by atoms with Crippen LogP contribution in [-0.4, -0.2) is 36.4 Å². The molecule has 0 unspecified atom stereocenters. The van der Waals surface area contributed by atoms with E-state index >= 15 is 0 Å². The summed E-state index contributed by atoms with van der Waals surface area (Å²) in [5.74, 6) is 0.639. The Balaban J connectivity index is 1.75. The first kappa shape index (κ1) is 20.0. The van der Waals surface area contributed by atoms with E-state index in [0.29, 0.717) is 18.1 Å². The zero-order chi connectivity index (χ0) is 21.9. The molecule has 0 aliphatic carbocycles. The Morgan fingerprint density at radius 2 is 1.72 bits per heavy atom. The van der Waals surface area contributed by atoms with Gasteiger partial charge in [-0.05, 0) is 55.1 Å². The van der Waals surface area contributed by atoms with Gasteiger partial charge >= 0.3 is 0 Å². The van der Waals surface area contributed by atoms with Crippen molar-refractivity contribution < 1.29 is 5.11 Å². The molecule has 32 heavy (non-hydrogen) atoms. The lowest BCUT2D eigenvalue weighted by Crippen LogP contribution is -2.04. The molecule has 0 atom stereocenters. The first-order valence-electron chi connectivity index (χ1n) is 10.4. The molecule has 0 spiro atoms. The van der Waals surface area contributed by atoms with E-state index < -0.39 is 0 Å². The second-order valence-corrected chi connectivity index (χ2v) is 7.43. The number of benzene rings is 1. The Morgan fingerprint density at radius 3 is 2.53 bits per heavy atom. The molecule has 5 aromatic rings. The van der Waals surface area contributed by atoms with E-state index in [-0.39, 0.29) is 6.61 Å². The molecule has 3 N–H and O–H groups in total. The normalized spacial score (nSPS) is 11.2. The highest BCUT2D eigenvalue weighted by molar-refractivity contribution is 5.97. The van der Waals surface area contributed by atoms with E-state index in [2.05, 4.69) is 27.2 Å². The molecule has 0 fully saturated rings. The number of rotatable bonds is 6. The van der Waals surface area contributed by atoms with Crippen LogP contribution in [0.4, 0.5) is 0 Å². The topological polar surface area (TPSA) is 103 Å². The van der Waals surface area contributed by atoms with Gasteiger partial charge in [0.1, 0.15) is 0 Å². The maximum absolute atomic E-state index is 9.51. The van der Waals surface area contributed by atoms with E-state index in [1.807, 2.05) is 54.7 Å². The third kappa shape index (κ3) is 3.75. The van der Waals surface area contributed by atoms with Gasteiger partial charge in [-0.25, -0.2) is 9.67 Å². The first-order chi connectivity index (χ1) is 15.8. The Labute approximate surface area is 185 Å². The summed E-state index contributed by atoms with van der Waals surface area (Å²) in [5.41, 5.74) is 11.8. The van der Waals surface area contributed by atoms with Crippen LogP contribution in [0.2, 0.25) is 0 Å². The Kier molecular flexibility index (Phi) is 5.41. The number of nitrogens with two attached hydrogens (primary N) is 1. The number of aromatic nitrogens is 5. The van der Waals surface area contributed by atoms with Crippen molar-refractivity contribution in [1.29, 1.82) is 0 Å². The third-order valence-electron chi connectivity index (χ3n) is 5.30. The van der Waals surface area contributed by atoms with Gasteiger partial charge in [-0.15, -0.1) is 0 Å². The molecule has 4 aromatic heterocycles. The molecular weight excluding hydrogens is 400 g/mol. The highest BCUT2D eigenvalue weighted by Crippen LogP contribution is 2.33. The largest absolute Gasteiger partial charge is 0.390 e. The van der Waals surface area contributed by atoms with Crippen molar-refractivity contribution in [1.82, 2.24) is 24.7 Å². The number of fused-ring (bicyclic) bond motifs is 1. The van der Waals surface area contributed by atoms with Crippen LogP contribution in [0.25, 0.3) is 39.2 Å².